The molecule has 2 aromatic heterocycles. The molecule has 0 aromatic carbocycles. The lowest BCUT2D eigenvalue weighted by molar-refractivity contribution is 0.232. The van der Waals surface area contributed by atoms with E-state index in [0.29, 0.717) is 6.04 Å². The summed E-state index contributed by atoms with van der Waals surface area (Å²) in [4.78, 5) is 4.37. The monoisotopic (exact) mass is 273 g/mol. The van der Waals surface area contributed by atoms with Crippen molar-refractivity contribution in [2.75, 3.05) is 0 Å². The van der Waals surface area contributed by atoms with Gasteiger partial charge in [0.15, 0.2) is 0 Å². The van der Waals surface area contributed by atoms with Gasteiger partial charge in [-0.25, -0.2) is 4.98 Å². The van der Waals surface area contributed by atoms with E-state index in [1.54, 1.807) is 0 Å². The van der Waals surface area contributed by atoms with Gasteiger partial charge < -0.3 is 14.3 Å². The highest BCUT2D eigenvalue weighted by Gasteiger charge is 2.34. The molecule has 0 bridgehead atoms. The number of aryl methyl sites for hydroxylation is 2. The molecule has 4 heteroatoms. The van der Waals surface area contributed by atoms with Crippen molar-refractivity contribution in [2.24, 2.45) is 12.5 Å². The van der Waals surface area contributed by atoms with Gasteiger partial charge in [-0.05, 0) is 24.8 Å². The fourth-order valence-electron chi connectivity index (χ4n) is 3.15. The molecule has 20 heavy (non-hydrogen) atoms. The normalized spacial score (nSPS) is 20.9. The number of aromatic nitrogens is 2. The highest BCUT2D eigenvalue weighted by atomic mass is 16.3. The van der Waals surface area contributed by atoms with Crippen LogP contribution < -0.4 is 5.32 Å². The first-order valence-corrected chi connectivity index (χ1v) is 7.23. The summed E-state index contributed by atoms with van der Waals surface area (Å²) in [5.41, 5.74) is 1.60. The second kappa shape index (κ2) is 4.77. The lowest BCUT2D eigenvalue weighted by atomic mass is 9.75. The first kappa shape index (κ1) is 13.4. The molecule has 0 amide bonds. The van der Waals surface area contributed by atoms with Crippen molar-refractivity contribution >= 4 is 0 Å². The van der Waals surface area contributed by atoms with Crippen LogP contribution >= 0.6 is 0 Å². The van der Waals surface area contributed by atoms with Crippen LogP contribution in [0.5, 0.6) is 0 Å². The van der Waals surface area contributed by atoms with Crippen LogP contribution in [0.4, 0.5) is 0 Å². The Hall–Kier alpha value is -1.55. The zero-order valence-electron chi connectivity index (χ0n) is 12.7. The summed E-state index contributed by atoms with van der Waals surface area (Å²) in [6.45, 7) is 7.43. The van der Waals surface area contributed by atoms with Crippen LogP contribution in [0.15, 0.2) is 22.9 Å². The number of rotatable bonds is 3. The molecule has 1 unspecified atom stereocenters. The molecule has 4 nitrogen and oxygen atoms in total. The highest BCUT2D eigenvalue weighted by Crippen LogP contribution is 2.42. The third-order valence-electron chi connectivity index (χ3n) is 4.16. The maximum Gasteiger partial charge on any atom is 0.122 e. The molecule has 1 aliphatic carbocycles. The molecule has 2 heterocycles. The van der Waals surface area contributed by atoms with Crippen LogP contribution in [0.2, 0.25) is 0 Å². The molecule has 1 atom stereocenters. The molecule has 0 radical (unpaired) electrons. The highest BCUT2D eigenvalue weighted by molar-refractivity contribution is 5.29. The zero-order valence-corrected chi connectivity index (χ0v) is 12.7. The van der Waals surface area contributed by atoms with Crippen LogP contribution in [0.3, 0.4) is 0 Å². The Morgan fingerprint density at radius 1 is 1.50 bits per heavy atom. The predicted octanol–water partition coefficient (Wildman–Crippen LogP) is 3.12. The number of furan rings is 1. The van der Waals surface area contributed by atoms with E-state index < -0.39 is 0 Å². The van der Waals surface area contributed by atoms with Gasteiger partial charge in [-0.1, -0.05) is 13.8 Å². The van der Waals surface area contributed by atoms with E-state index in [-0.39, 0.29) is 5.41 Å². The summed E-state index contributed by atoms with van der Waals surface area (Å²) in [7, 11) is 2.03. The smallest absolute Gasteiger partial charge is 0.122 e. The molecule has 2 aromatic rings. The average Bonchev–Trinajstić information content (AvgIpc) is 2.90. The minimum atomic E-state index is 0.274. The van der Waals surface area contributed by atoms with E-state index in [9.17, 15) is 0 Å². The molecule has 1 N–H and O–H groups in total. The predicted molar refractivity (Wildman–Crippen MR) is 78.3 cm³/mol. The minimum absolute atomic E-state index is 0.274. The number of nitrogens with one attached hydrogen (secondary N) is 1. The van der Waals surface area contributed by atoms with Gasteiger partial charge in [-0.2, -0.15) is 0 Å². The number of hydrogen-bond donors (Lipinski definition) is 1. The summed E-state index contributed by atoms with van der Waals surface area (Å²) in [6, 6.07) is 2.53. The van der Waals surface area contributed by atoms with Crippen molar-refractivity contribution in [3.63, 3.8) is 0 Å². The summed E-state index contributed by atoms with van der Waals surface area (Å²) < 4.78 is 7.93. The van der Waals surface area contributed by atoms with Gasteiger partial charge in [0.05, 0.1) is 6.54 Å². The molecule has 0 saturated heterocycles. The molecule has 3 rings (SSSR count). The average molecular weight is 273 g/mol. The SMILES string of the molecule is Cc1cc2c(o1)CC(C)(C)CC2NCc1nccn1C. The van der Waals surface area contributed by atoms with Crippen molar-refractivity contribution in [1.82, 2.24) is 14.9 Å². The van der Waals surface area contributed by atoms with Crippen LogP contribution in [0, 0.1) is 12.3 Å². The molecule has 0 saturated carbocycles. The lowest BCUT2D eigenvalue weighted by Crippen LogP contribution is -2.32. The second-order valence-corrected chi connectivity index (χ2v) is 6.67. The molecule has 0 aliphatic heterocycles. The molecular formula is C16H23N3O. The van der Waals surface area contributed by atoms with Crippen LogP contribution in [-0.4, -0.2) is 9.55 Å². The van der Waals surface area contributed by atoms with Gasteiger partial charge >= 0.3 is 0 Å². The zero-order chi connectivity index (χ0) is 14.3. The first-order valence-electron chi connectivity index (χ1n) is 7.23. The maximum absolute atomic E-state index is 5.87. The summed E-state index contributed by atoms with van der Waals surface area (Å²) in [6.07, 6.45) is 5.98. The van der Waals surface area contributed by atoms with Gasteiger partial charge in [0.25, 0.3) is 0 Å². The van der Waals surface area contributed by atoms with Gasteiger partial charge in [0.1, 0.15) is 17.3 Å². The minimum Gasteiger partial charge on any atom is -0.466 e. The first-order chi connectivity index (χ1) is 9.44. The maximum atomic E-state index is 5.87. The molecular weight excluding hydrogens is 250 g/mol. The van der Waals surface area contributed by atoms with Crippen molar-refractivity contribution in [3.8, 4) is 0 Å². The molecule has 0 spiro atoms. The number of fused-ring (bicyclic) bond motifs is 1. The standard InChI is InChI=1S/C16H23N3O/c1-11-7-12-13(8-16(2,3)9-14(12)20-11)18-10-15-17-5-6-19(15)4/h5-7,13,18H,8-10H2,1-4H3. The lowest BCUT2D eigenvalue weighted by Gasteiger charge is -2.34. The van der Waals surface area contributed by atoms with E-state index in [4.69, 9.17) is 4.42 Å². The second-order valence-electron chi connectivity index (χ2n) is 6.67. The molecule has 0 fully saturated rings. The summed E-state index contributed by atoms with van der Waals surface area (Å²) >= 11 is 0. The third kappa shape index (κ3) is 2.52. The van der Waals surface area contributed by atoms with Gasteiger partial charge in [0, 0.05) is 37.5 Å². The summed E-state index contributed by atoms with van der Waals surface area (Å²) in [5.74, 6) is 3.22. The van der Waals surface area contributed by atoms with E-state index in [2.05, 4.69) is 34.8 Å². The number of nitrogens with zero attached hydrogens (tertiary/aromatic N) is 2. The Kier molecular flexibility index (Phi) is 3.21. The fraction of sp³-hybridized carbons (Fsp3) is 0.562. The van der Waals surface area contributed by atoms with Crippen molar-refractivity contribution in [3.05, 3.63) is 41.4 Å². The van der Waals surface area contributed by atoms with Crippen molar-refractivity contribution in [2.45, 2.75) is 46.2 Å². The third-order valence-corrected chi connectivity index (χ3v) is 4.16. The Labute approximate surface area is 120 Å². The van der Waals surface area contributed by atoms with Crippen LogP contribution in [0.25, 0.3) is 0 Å². The Balaban J connectivity index is 1.80. The van der Waals surface area contributed by atoms with Crippen molar-refractivity contribution in [1.29, 1.82) is 0 Å². The Morgan fingerprint density at radius 3 is 3.00 bits per heavy atom. The Morgan fingerprint density at radius 2 is 2.30 bits per heavy atom. The van der Waals surface area contributed by atoms with Gasteiger partial charge in [0.2, 0.25) is 0 Å². The molecule has 108 valence electrons. The largest absolute Gasteiger partial charge is 0.466 e. The fourth-order valence-corrected chi connectivity index (χ4v) is 3.15. The number of imidazole rings is 1. The van der Waals surface area contributed by atoms with Crippen molar-refractivity contribution < 1.29 is 4.42 Å². The topological polar surface area (TPSA) is 43.0 Å². The summed E-state index contributed by atoms with van der Waals surface area (Å²) in [5, 5.41) is 3.65. The van der Waals surface area contributed by atoms with Crippen LogP contribution in [-0.2, 0) is 20.0 Å². The van der Waals surface area contributed by atoms with Gasteiger partial charge in [-0.15, -0.1) is 0 Å². The van der Waals surface area contributed by atoms with Gasteiger partial charge in [-0.3, -0.25) is 0 Å². The Bertz CT molecular complexity index is 609. The van der Waals surface area contributed by atoms with Crippen LogP contribution in [0.1, 0.15) is 49.2 Å². The van der Waals surface area contributed by atoms with E-state index in [1.807, 2.05) is 26.4 Å². The molecule has 1 aliphatic rings. The van der Waals surface area contributed by atoms with E-state index in [1.165, 1.54) is 5.56 Å². The van der Waals surface area contributed by atoms with E-state index in [0.717, 1.165) is 36.7 Å². The number of hydrogen-bond acceptors (Lipinski definition) is 3. The quantitative estimate of drug-likeness (QED) is 0.934. The van der Waals surface area contributed by atoms with E-state index >= 15 is 0 Å².